The van der Waals surface area contributed by atoms with Crippen LogP contribution in [0.3, 0.4) is 0 Å². The van der Waals surface area contributed by atoms with Gasteiger partial charge in [-0.3, -0.25) is 0 Å². The van der Waals surface area contributed by atoms with Gasteiger partial charge in [-0.25, -0.2) is 4.68 Å². The Morgan fingerprint density at radius 3 is 3.10 bits per heavy atom. The minimum Gasteiger partial charge on any atom is -0.389 e. The lowest BCUT2D eigenvalue weighted by Gasteiger charge is -1.96. The lowest BCUT2D eigenvalue weighted by atomic mass is 10.2. The van der Waals surface area contributed by atoms with Gasteiger partial charge in [-0.05, 0) is 33.5 Å². The van der Waals surface area contributed by atoms with E-state index in [4.69, 9.17) is 23.2 Å². The van der Waals surface area contributed by atoms with Gasteiger partial charge in [0, 0.05) is 17.7 Å². The second kappa shape index (κ2) is 6.60. The Bertz CT molecular complexity index is 693. The van der Waals surface area contributed by atoms with Crippen LogP contribution in [0.25, 0.3) is 6.08 Å². The third-order valence-corrected chi connectivity index (χ3v) is 4.53. The highest BCUT2D eigenvalue weighted by atomic mass is 32.2. The first kappa shape index (κ1) is 14.6. The Hall–Kier alpha value is -1.76. The van der Waals surface area contributed by atoms with E-state index in [-0.39, 0.29) is 4.99 Å². The highest BCUT2D eigenvalue weighted by Crippen LogP contribution is 2.24. The van der Waals surface area contributed by atoms with Crippen molar-refractivity contribution in [3.63, 3.8) is 0 Å². The molecule has 0 aliphatic heterocycles. The Kier molecular flexibility index (Phi) is 4.84. The fraction of sp³-hybridized carbons (Fsp3) is 0.182. The van der Waals surface area contributed by atoms with Gasteiger partial charge in [-0.2, -0.15) is 5.26 Å². The van der Waals surface area contributed by atoms with Gasteiger partial charge in [0.25, 0.3) is 0 Å². The topological polar surface area (TPSA) is 93.4 Å². The average Bonchev–Trinajstić information content (AvgIpc) is 3.02. The smallest absolute Gasteiger partial charge is 0.209 e. The predicted molar refractivity (Wildman–Crippen MR) is 83.1 cm³/mol. The van der Waals surface area contributed by atoms with E-state index in [0.717, 1.165) is 21.3 Å². The summed E-state index contributed by atoms with van der Waals surface area (Å²) in [5, 5.41) is 22.9. The van der Waals surface area contributed by atoms with Gasteiger partial charge in [-0.15, -0.1) is 16.4 Å². The number of thiocarbonyl (C=S) groups is 1. The molecule has 0 fully saturated rings. The van der Waals surface area contributed by atoms with Crippen molar-refractivity contribution in [2.75, 3.05) is 0 Å². The van der Waals surface area contributed by atoms with Crippen LogP contribution in [0.15, 0.2) is 22.2 Å². The molecule has 2 rings (SSSR count). The van der Waals surface area contributed by atoms with Crippen LogP contribution >= 0.6 is 35.3 Å². The Labute approximate surface area is 129 Å². The molecule has 9 heteroatoms. The molecule has 0 spiro atoms. The molecule has 2 heterocycles. The minimum atomic E-state index is 0.113. The maximum atomic E-state index is 8.91. The summed E-state index contributed by atoms with van der Waals surface area (Å²) < 4.78 is 1.62. The number of nitriles is 1. The van der Waals surface area contributed by atoms with Gasteiger partial charge in [-0.1, -0.05) is 24.0 Å². The first-order valence-corrected chi connectivity index (χ1v) is 7.71. The van der Waals surface area contributed by atoms with E-state index < -0.39 is 0 Å². The fourth-order valence-corrected chi connectivity index (χ4v) is 3.17. The van der Waals surface area contributed by atoms with Crippen molar-refractivity contribution in [1.29, 1.82) is 5.26 Å². The van der Waals surface area contributed by atoms with Crippen molar-refractivity contribution in [2.24, 2.45) is 12.8 Å². The van der Waals surface area contributed by atoms with E-state index in [1.807, 2.05) is 17.5 Å². The summed E-state index contributed by atoms with van der Waals surface area (Å²) in [6.45, 7) is 0. The second-order valence-corrected chi connectivity index (χ2v) is 6.09. The molecule has 0 aromatic carbocycles. The first-order valence-electron chi connectivity index (χ1n) is 5.44. The third-order valence-electron chi connectivity index (χ3n) is 2.30. The maximum Gasteiger partial charge on any atom is 0.209 e. The van der Waals surface area contributed by atoms with Crippen molar-refractivity contribution >= 4 is 46.4 Å². The molecule has 2 aromatic heterocycles. The summed E-state index contributed by atoms with van der Waals surface area (Å²) in [5.41, 5.74) is 6.91. The van der Waals surface area contributed by atoms with Crippen LogP contribution < -0.4 is 5.73 Å². The van der Waals surface area contributed by atoms with E-state index in [2.05, 4.69) is 15.5 Å². The van der Waals surface area contributed by atoms with Crippen molar-refractivity contribution < 1.29 is 0 Å². The van der Waals surface area contributed by atoms with E-state index in [9.17, 15) is 0 Å². The summed E-state index contributed by atoms with van der Waals surface area (Å²) in [7, 11) is 1.80. The quantitative estimate of drug-likeness (QED) is 0.388. The van der Waals surface area contributed by atoms with Crippen molar-refractivity contribution in [1.82, 2.24) is 20.2 Å². The minimum absolute atomic E-state index is 0.113. The van der Waals surface area contributed by atoms with Crippen molar-refractivity contribution in [2.45, 2.75) is 10.9 Å². The Morgan fingerprint density at radius 2 is 2.50 bits per heavy atom. The fourth-order valence-electron chi connectivity index (χ4n) is 1.34. The standard InChI is InChI=1S/C11H10N6S3/c1-17-11(14-15-16-17)20-6-7-2-9(19-5-7)3-8(4-12)10(13)18/h2-3,5H,6H2,1H3,(H2,13,18)/b8-3+. The third kappa shape index (κ3) is 3.63. The number of aromatic nitrogens is 4. The van der Waals surface area contributed by atoms with Crippen LogP contribution in [0.5, 0.6) is 0 Å². The number of hydrogen-bond acceptors (Lipinski definition) is 7. The number of nitrogens with zero attached hydrogens (tertiary/aromatic N) is 5. The number of thioether (sulfide) groups is 1. The van der Waals surface area contributed by atoms with E-state index in [0.29, 0.717) is 5.57 Å². The molecule has 6 nitrogen and oxygen atoms in total. The van der Waals surface area contributed by atoms with Gasteiger partial charge in [0.1, 0.15) is 11.1 Å². The van der Waals surface area contributed by atoms with Gasteiger partial charge < -0.3 is 5.73 Å². The van der Waals surface area contributed by atoms with Crippen LogP contribution in [-0.2, 0) is 12.8 Å². The van der Waals surface area contributed by atoms with E-state index >= 15 is 0 Å². The molecule has 102 valence electrons. The number of nitrogens with two attached hydrogens (primary N) is 1. The first-order chi connectivity index (χ1) is 9.60. The summed E-state index contributed by atoms with van der Waals surface area (Å²) in [4.78, 5) is 1.06. The Balaban J connectivity index is 2.05. The number of rotatable bonds is 5. The van der Waals surface area contributed by atoms with Crippen LogP contribution in [0.1, 0.15) is 10.4 Å². The molecule has 0 bridgehead atoms. The number of hydrogen-bond donors (Lipinski definition) is 1. The van der Waals surface area contributed by atoms with Crippen LogP contribution in [-0.4, -0.2) is 25.2 Å². The number of thiophene rings is 1. The predicted octanol–water partition coefficient (Wildman–Crippen LogP) is 1.76. The zero-order valence-electron chi connectivity index (χ0n) is 10.5. The van der Waals surface area contributed by atoms with Crippen LogP contribution in [0.2, 0.25) is 0 Å². The number of tetrazole rings is 1. The summed E-state index contributed by atoms with van der Waals surface area (Å²) in [5.74, 6) is 0.757. The lowest BCUT2D eigenvalue weighted by Crippen LogP contribution is -2.09. The van der Waals surface area contributed by atoms with Gasteiger partial charge >= 0.3 is 0 Å². The summed E-state index contributed by atoms with van der Waals surface area (Å²) in [6, 6.07) is 3.98. The molecular weight excluding hydrogens is 312 g/mol. The van der Waals surface area contributed by atoms with E-state index in [1.165, 1.54) is 11.3 Å². The zero-order chi connectivity index (χ0) is 14.5. The molecule has 0 atom stereocenters. The lowest BCUT2D eigenvalue weighted by molar-refractivity contribution is 0.664. The molecule has 0 unspecified atom stereocenters. The van der Waals surface area contributed by atoms with Crippen molar-refractivity contribution in [3.05, 3.63) is 27.5 Å². The molecule has 2 aromatic rings. The molecule has 0 amide bonds. The molecule has 0 saturated carbocycles. The van der Waals surface area contributed by atoms with Gasteiger partial charge in [0.2, 0.25) is 5.16 Å². The summed E-state index contributed by atoms with van der Waals surface area (Å²) in [6.07, 6.45) is 1.70. The molecule has 2 N–H and O–H groups in total. The number of aryl methyl sites for hydroxylation is 1. The average molecular weight is 322 g/mol. The normalized spacial score (nSPS) is 11.3. The molecule has 0 radical (unpaired) electrons. The summed E-state index contributed by atoms with van der Waals surface area (Å²) >= 11 is 7.89. The van der Waals surface area contributed by atoms with Crippen molar-refractivity contribution in [3.8, 4) is 6.07 Å². The van der Waals surface area contributed by atoms with Crippen LogP contribution in [0.4, 0.5) is 0 Å². The van der Waals surface area contributed by atoms with Gasteiger partial charge in [0.05, 0.1) is 5.57 Å². The molecule has 0 saturated heterocycles. The van der Waals surface area contributed by atoms with E-state index in [1.54, 1.807) is 29.6 Å². The second-order valence-electron chi connectivity index (χ2n) is 3.77. The SMILES string of the molecule is Cn1nnnc1SCc1csc(/C=C(\C#N)C(N)=S)c1. The van der Waals surface area contributed by atoms with Crippen LogP contribution in [0, 0.1) is 11.3 Å². The Morgan fingerprint density at radius 1 is 1.70 bits per heavy atom. The molecule has 20 heavy (non-hydrogen) atoms. The maximum absolute atomic E-state index is 8.91. The zero-order valence-corrected chi connectivity index (χ0v) is 12.9. The highest BCUT2D eigenvalue weighted by Gasteiger charge is 2.06. The largest absolute Gasteiger partial charge is 0.389 e. The highest BCUT2D eigenvalue weighted by molar-refractivity contribution is 7.98. The van der Waals surface area contributed by atoms with Gasteiger partial charge in [0.15, 0.2) is 0 Å². The molecule has 0 aliphatic rings. The molecular formula is C11H10N6S3. The molecule has 0 aliphatic carbocycles. The monoisotopic (exact) mass is 322 g/mol.